The Labute approximate surface area is 139 Å². The molecule has 6 heteroatoms. The normalized spacial score (nSPS) is 11.4. The highest BCUT2D eigenvalue weighted by Gasteiger charge is 2.10. The van der Waals surface area contributed by atoms with Crippen LogP contribution in [0.25, 0.3) is 0 Å². The summed E-state index contributed by atoms with van der Waals surface area (Å²) in [6.45, 7) is 2.05. The van der Waals surface area contributed by atoms with Gasteiger partial charge in [-0.3, -0.25) is 0 Å². The molecule has 0 saturated heterocycles. The molecule has 2 amide bonds. The van der Waals surface area contributed by atoms with Crippen LogP contribution in [0, 0.1) is 18.3 Å². The fraction of sp³-hybridized carbons (Fsp3) is 0.176. The van der Waals surface area contributed by atoms with Gasteiger partial charge < -0.3 is 15.7 Å². The van der Waals surface area contributed by atoms with Crippen LogP contribution in [0.15, 0.2) is 42.5 Å². The lowest BCUT2D eigenvalue weighted by Gasteiger charge is -2.13. The minimum Gasteiger partial charge on any atom is -0.387 e. The number of nitrogens with one attached hydrogen (secondary N) is 2. The van der Waals surface area contributed by atoms with Gasteiger partial charge in [-0.15, -0.1) is 0 Å². The van der Waals surface area contributed by atoms with Crippen molar-refractivity contribution in [2.24, 2.45) is 0 Å². The minimum absolute atomic E-state index is 0.0822. The number of hydrogen-bond donors (Lipinski definition) is 3. The predicted octanol–water partition coefficient (Wildman–Crippen LogP) is 3.38. The lowest BCUT2D eigenvalue weighted by molar-refractivity contribution is 0.175. The third-order valence-corrected chi connectivity index (χ3v) is 3.58. The van der Waals surface area contributed by atoms with Crippen LogP contribution < -0.4 is 10.6 Å². The molecule has 0 bridgehead atoms. The van der Waals surface area contributed by atoms with Crippen molar-refractivity contribution in [1.82, 2.24) is 5.32 Å². The van der Waals surface area contributed by atoms with Crippen molar-refractivity contribution in [3.8, 4) is 6.07 Å². The van der Waals surface area contributed by atoms with Crippen molar-refractivity contribution >= 4 is 23.3 Å². The van der Waals surface area contributed by atoms with Gasteiger partial charge >= 0.3 is 6.03 Å². The molecule has 0 saturated carbocycles. The number of nitriles is 1. The third-order valence-electron chi connectivity index (χ3n) is 3.27. The molecule has 23 heavy (non-hydrogen) atoms. The fourth-order valence-electron chi connectivity index (χ4n) is 1.95. The highest BCUT2D eigenvalue weighted by molar-refractivity contribution is 6.32. The highest BCUT2D eigenvalue weighted by atomic mass is 35.5. The van der Waals surface area contributed by atoms with Gasteiger partial charge in [0.15, 0.2) is 0 Å². The van der Waals surface area contributed by atoms with E-state index in [9.17, 15) is 9.90 Å². The van der Waals surface area contributed by atoms with E-state index in [-0.39, 0.29) is 11.6 Å². The maximum Gasteiger partial charge on any atom is 0.319 e. The van der Waals surface area contributed by atoms with Crippen molar-refractivity contribution in [1.29, 1.82) is 5.26 Å². The number of anilines is 1. The molecule has 1 unspecified atom stereocenters. The van der Waals surface area contributed by atoms with Crippen LogP contribution in [0.3, 0.4) is 0 Å². The molecular formula is C17H16ClN3O2. The minimum atomic E-state index is -0.786. The van der Waals surface area contributed by atoms with Crippen LogP contribution in [-0.2, 0) is 0 Å². The van der Waals surface area contributed by atoms with Gasteiger partial charge in [-0.1, -0.05) is 41.4 Å². The lowest BCUT2D eigenvalue weighted by atomic mass is 10.1. The van der Waals surface area contributed by atoms with E-state index in [1.807, 2.05) is 37.3 Å². The van der Waals surface area contributed by atoms with E-state index in [1.54, 1.807) is 6.07 Å². The maximum atomic E-state index is 11.8. The van der Waals surface area contributed by atoms with E-state index >= 15 is 0 Å². The van der Waals surface area contributed by atoms with E-state index in [1.165, 1.54) is 12.1 Å². The van der Waals surface area contributed by atoms with Crippen molar-refractivity contribution < 1.29 is 9.90 Å². The summed E-state index contributed by atoms with van der Waals surface area (Å²) in [5.74, 6) is 0. The molecule has 0 aliphatic heterocycles. The summed E-state index contributed by atoms with van der Waals surface area (Å²) in [6.07, 6.45) is -0.786. The highest BCUT2D eigenvalue weighted by Crippen LogP contribution is 2.20. The van der Waals surface area contributed by atoms with E-state index < -0.39 is 12.1 Å². The third kappa shape index (κ3) is 4.71. The first-order valence-corrected chi connectivity index (χ1v) is 7.36. The molecule has 0 aliphatic rings. The first-order chi connectivity index (χ1) is 11.0. The standard InChI is InChI=1S/C17H16ClN3O2/c1-11-2-4-12(5-3-11)16(22)10-20-17(23)21-14-7-6-13(9-19)15(18)8-14/h2-8,16,22H,10H2,1H3,(H2,20,21,23). The Morgan fingerprint density at radius 3 is 2.61 bits per heavy atom. The van der Waals surface area contributed by atoms with Crippen LogP contribution in [0.1, 0.15) is 22.8 Å². The number of amides is 2. The zero-order valence-corrected chi connectivity index (χ0v) is 13.3. The number of aliphatic hydroxyl groups excluding tert-OH is 1. The number of urea groups is 1. The molecule has 0 heterocycles. The first-order valence-electron chi connectivity index (χ1n) is 6.98. The molecule has 0 aliphatic carbocycles. The maximum absolute atomic E-state index is 11.8. The van der Waals surface area contributed by atoms with Gasteiger partial charge in [0.25, 0.3) is 0 Å². The summed E-state index contributed by atoms with van der Waals surface area (Å²) >= 11 is 5.90. The molecule has 3 N–H and O–H groups in total. The number of halogens is 1. The van der Waals surface area contributed by atoms with Gasteiger partial charge in [-0.05, 0) is 30.7 Å². The van der Waals surface area contributed by atoms with Crippen molar-refractivity contribution in [3.05, 3.63) is 64.2 Å². The van der Waals surface area contributed by atoms with Gasteiger partial charge in [-0.2, -0.15) is 5.26 Å². The van der Waals surface area contributed by atoms with Crippen LogP contribution in [0.4, 0.5) is 10.5 Å². The second-order valence-electron chi connectivity index (χ2n) is 5.07. The summed E-state index contributed by atoms with van der Waals surface area (Å²) in [5, 5.41) is 24.3. The Balaban J connectivity index is 1.89. The molecule has 2 aromatic rings. The molecule has 0 radical (unpaired) electrons. The molecule has 0 fully saturated rings. The van der Waals surface area contributed by atoms with Crippen LogP contribution in [-0.4, -0.2) is 17.7 Å². The van der Waals surface area contributed by atoms with Gasteiger partial charge in [0.1, 0.15) is 6.07 Å². The average Bonchev–Trinajstić information content (AvgIpc) is 2.53. The smallest absolute Gasteiger partial charge is 0.319 e. The Hall–Kier alpha value is -2.55. The molecule has 5 nitrogen and oxygen atoms in total. The van der Waals surface area contributed by atoms with Gasteiger partial charge in [-0.25, -0.2) is 4.79 Å². The van der Waals surface area contributed by atoms with Gasteiger partial charge in [0.2, 0.25) is 0 Å². The SMILES string of the molecule is Cc1ccc(C(O)CNC(=O)Nc2ccc(C#N)c(Cl)c2)cc1. The summed E-state index contributed by atoms with van der Waals surface area (Å²) in [6, 6.07) is 13.5. The van der Waals surface area contributed by atoms with Crippen LogP contribution in [0.2, 0.25) is 5.02 Å². The van der Waals surface area contributed by atoms with E-state index in [2.05, 4.69) is 10.6 Å². The Bertz CT molecular complexity index is 738. The monoisotopic (exact) mass is 329 g/mol. The Morgan fingerprint density at radius 1 is 1.30 bits per heavy atom. The summed E-state index contributed by atoms with van der Waals surface area (Å²) in [7, 11) is 0. The first kappa shape index (κ1) is 16.8. The van der Waals surface area contributed by atoms with Gasteiger partial charge in [0.05, 0.1) is 16.7 Å². The quantitative estimate of drug-likeness (QED) is 0.803. The van der Waals surface area contributed by atoms with Crippen molar-refractivity contribution in [2.75, 3.05) is 11.9 Å². The molecule has 0 spiro atoms. The van der Waals surface area contributed by atoms with Crippen LogP contribution in [0.5, 0.6) is 0 Å². The number of carbonyl (C=O) groups excluding carboxylic acids is 1. The molecule has 2 rings (SSSR count). The van der Waals surface area contributed by atoms with E-state index in [4.69, 9.17) is 16.9 Å². The largest absolute Gasteiger partial charge is 0.387 e. The second-order valence-corrected chi connectivity index (χ2v) is 5.48. The Kier molecular flexibility index (Phi) is 5.58. The number of hydrogen-bond acceptors (Lipinski definition) is 3. The zero-order chi connectivity index (χ0) is 16.8. The Morgan fingerprint density at radius 2 is 2.00 bits per heavy atom. The number of aryl methyl sites for hydroxylation is 1. The summed E-state index contributed by atoms with van der Waals surface area (Å²) in [5.41, 5.74) is 2.64. The molecule has 118 valence electrons. The molecule has 0 aromatic heterocycles. The van der Waals surface area contributed by atoms with E-state index in [0.717, 1.165) is 11.1 Å². The number of carbonyl (C=O) groups is 1. The fourth-order valence-corrected chi connectivity index (χ4v) is 2.18. The zero-order valence-electron chi connectivity index (χ0n) is 12.5. The number of rotatable bonds is 4. The van der Waals surface area contributed by atoms with Crippen molar-refractivity contribution in [2.45, 2.75) is 13.0 Å². The molecule has 2 aromatic carbocycles. The topological polar surface area (TPSA) is 85.2 Å². The van der Waals surface area contributed by atoms with Gasteiger partial charge in [0, 0.05) is 12.2 Å². The lowest BCUT2D eigenvalue weighted by Crippen LogP contribution is -2.32. The number of aliphatic hydroxyl groups is 1. The van der Waals surface area contributed by atoms with Crippen LogP contribution >= 0.6 is 11.6 Å². The molecular weight excluding hydrogens is 314 g/mol. The average molecular weight is 330 g/mol. The van der Waals surface area contributed by atoms with Crippen molar-refractivity contribution in [3.63, 3.8) is 0 Å². The predicted molar refractivity (Wildman–Crippen MR) is 89.3 cm³/mol. The summed E-state index contributed by atoms with van der Waals surface area (Å²) in [4.78, 5) is 11.8. The number of nitrogens with zero attached hydrogens (tertiary/aromatic N) is 1. The second kappa shape index (κ2) is 7.63. The van der Waals surface area contributed by atoms with E-state index in [0.29, 0.717) is 11.3 Å². The number of benzene rings is 2. The summed E-state index contributed by atoms with van der Waals surface area (Å²) < 4.78 is 0. The molecule has 1 atom stereocenters.